The molecule has 0 unspecified atom stereocenters. The minimum atomic E-state index is -1.02. The molecule has 0 saturated heterocycles. The molecular formula is C21H22FN3O3. The van der Waals surface area contributed by atoms with Gasteiger partial charge in [0.2, 0.25) is 5.91 Å². The summed E-state index contributed by atoms with van der Waals surface area (Å²) < 4.78 is 13.2. The van der Waals surface area contributed by atoms with Crippen LogP contribution in [0, 0.1) is 17.7 Å². The van der Waals surface area contributed by atoms with E-state index in [1.807, 2.05) is 4.90 Å². The van der Waals surface area contributed by atoms with E-state index >= 15 is 0 Å². The van der Waals surface area contributed by atoms with Crippen molar-refractivity contribution < 1.29 is 19.1 Å². The second-order valence-electron chi connectivity index (χ2n) is 7.64. The SMILES string of the molecule is CC(=O)N1c2ccc(C(=O)O)cc2[C@H](Nc2ccc(F)cn2)[C@@H](C)[C@@H]1C1CC1. The van der Waals surface area contributed by atoms with Crippen LogP contribution in [0.25, 0.3) is 0 Å². The van der Waals surface area contributed by atoms with Crippen molar-refractivity contribution in [1.29, 1.82) is 0 Å². The van der Waals surface area contributed by atoms with Crippen molar-refractivity contribution >= 4 is 23.4 Å². The van der Waals surface area contributed by atoms with E-state index in [9.17, 15) is 19.1 Å². The molecule has 146 valence electrons. The molecule has 1 fully saturated rings. The first-order valence-corrected chi connectivity index (χ1v) is 9.42. The van der Waals surface area contributed by atoms with Gasteiger partial charge < -0.3 is 15.3 Å². The summed E-state index contributed by atoms with van der Waals surface area (Å²) in [6.45, 7) is 3.61. The number of halogens is 1. The molecule has 1 aliphatic heterocycles. The lowest BCUT2D eigenvalue weighted by Gasteiger charge is -2.46. The fourth-order valence-corrected chi connectivity index (χ4v) is 4.32. The summed E-state index contributed by atoms with van der Waals surface area (Å²) in [4.78, 5) is 29.9. The predicted molar refractivity (Wildman–Crippen MR) is 103 cm³/mol. The number of aromatic carboxylic acids is 1. The van der Waals surface area contributed by atoms with E-state index in [1.165, 1.54) is 12.1 Å². The van der Waals surface area contributed by atoms with E-state index < -0.39 is 11.8 Å². The highest BCUT2D eigenvalue weighted by molar-refractivity contribution is 5.96. The first-order valence-electron chi connectivity index (χ1n) is 9.42. The number of pyridine rings is 1. The Kier molecular flexibility index (Phi) is 4.53. The van der Waals surface area contributed by atoms with Crippen LogP contribution in [-0.2, 0) is 4.79 Å². The first-order chi connectivity index (χ1) is 13.4. The number of nitrogens with one attached hydrogen (secondary N) is 1. The van der Waals surface area contributed by atoms with Crippen molar-refractivity contribution in [2.24, 2.45) is 11.8 Å². The number of carboxylic acid groups (broad SMARTS) is 1. The third-order valence-corrected chi connectivity index (χ3v) is 5.71. The van der Waals surface area contributed by atoms with Crippen LogP contribution in [0.2, 0.25) is 0 Å². The lowest BCUT2D eigenvalue weighted by molar-refractivity contribution is -0.117. The third-order valence-electron chi connectivity index (χ3n) is 5.71. The van der Waals surface area contributed by atoms with Gasteiger partial charge in [0, 0.05) is 24.6 Å². The highest BCUT2D eigenvalue weighted by atomic mass is 19.1. The number of hydrogen-bond acceptors (Lipinski definition) is 4. The van der Waals surface area contributed by atoms with Crippen LogP contribution in [0.5, 0.6) is 0 Å². The molecule has 2 heterocycles. The maximum absolute atomic E-state index is 13.2. The van der Waals surface area contributed by atoms with Gasteiger partial charge in [-0.1, -0.05) is 6.92 Å². The van der Waals surface area contributed by atoms with Crippen molar-refractivity contribution in [3.8, 4) is 0 Å². The topological polar surface area (TPSA) is 82.5 Å². The van der Waals surface area contributed by atoms with Crippen molar-refractivity contribution in [2.45, 2.75) is 38.8 Å². The Morgan fingerprint density at radius 1 is 1.25 bits per heavy atom. The molecule has 1 aromatic carbocycles. The molecule has 2 N–H and O–H groups in total. The Balaban J connectivity index is 1.82. The second-order valence-corrected chi connectivity index (χ2v) is 7.64. The molecule has 28 heavy (non-hydrogen) atoms. The van der Waals surface area contributed by atoms with E-state index in [4.69, 9.17) is 0 Å². The van der Waals surface area contributed by atoms with Crippen LogP contribution in [0.1, 0.15) is 48.7 Å². The molecule has 1 amide bonds. The van der Waals surface area contributed by atoms with Gasteiger partial charge in [0.15, 0.2) is 0 Å². The van der Waals surface area contributed by atoms with E-state index in [2.05, 4.69) is 17.2 Å². The van der Waals surface area contributed by atoms with Crippen LogP contribution in [-0.4, -0.2) is 28.0 Å². The maximum Gasteiger partial charge on any atom is 0.335 e. The number of hydrogen-bond donors (Lipinski definition) is 2. The number of benzene rings is 1. The molecule has 1 aromatic heterocycles. The molecule has 0 radical (unpaired) electrons. The fraction of sp³-hybridized carbons (Fsp3) is 0.381. The van der Waals surface area contributed by atoms with Crippen LogP contribution in [0.3, 0.4) is 0 Å². The number of carbonyl (C=O) groups excluding carboxylic acids is 1. The van der Waals surface area contributed by atoms with Gasteiger partial charge in [0.1, 0.15) is 11.6 Å². The number of nitrogens with zero attached hydrogens (tertiary/aromatic N) is 2. The Labute approximate surface area is 162 Å². The smallest absolute Gasteiger partial charge is 0.335 e. The Bertz CT molecular complexity index is 927. The average Bonchev–Trinajstić information content (AvgIpc) is 3.49. The molecule has 2 aromatic rings. The number of fused-ring (bicyclic) bond motifs is 1. The van der Waals surface area contributed by atoms with Crippen LogP contribution in [0.15, 0.2) is 36.5 Å². The molecule has 7 heteroatoms. The van der Waals surface area contributed by atoms with Crippen LogP contribution < -0.4 is 10.2 Å². The van der Waals surface area contributed by atoms with E-state index in [1.54, 1.807) is 25.1 Å². The number of carbonyl (C=O) groups is 2. The van der Waals surface area contributed by atoms with Crippen molar-refractivity contribution in [1.82, 2.24) is 4.98 Å². The Morgan fingerprint density at radius 3 is 2.57 bits per heavy atom. The summed E-state index contributed by atoms with van der Waals surface area (Å²) in [7, 11) is 0. The zero-order valence-corrected chi connectivity index (χ0v) is 15.7. The monoisotopic (exact) mass is 383 g/mol. The van der Waals surface area contributed by atoms with Gasteiger partial charge in [0.05, 0.1) is 17.8 Å². The molecule has 0 spiro atoms. The highest BCUT2D eigenvalue weighted by Gasteiger charge is 2.47. The standard InChI is InChI=1S/C21H22FN3O3/c1-11-19(24-18-8-6-15(22)10-23-18)16-9-14(21(27)28)5-7-17(16)25(12(2)26)20(11)13-3-4-13/h5-11,13,19-20H,3-4H2,1-2H3,(H,23,24)(H,27,28)/t11-,19-,20-/m1/s1. The first kappa shape index (κ1) is 18.4. The third kappa shape index (κ3) is 3.21. The summed E-state index contributed by atoms with van der Waals surface area (Å²) in [6.07, 6.45) is 3.29. The fourth-order valence-electron chi connectivity index (χ4n) is 4.32. The Morgan fingerprint density at radius 2 is 2.00 bits per heavy atom. The number of rotatable bonds is 4. The van der Waals surface area contributed by atoms with Crippen molar-refractivity contribution in [3.63, 3.8) is 0 Å². The molecule has 3 atom stereocenters. The molecule has 1 saturated carbocycles. The summed E-state index contributed by atoms with van der Waals surface area (Å²) in [5.74, 6) is -0.527. The number of amides is 1. The van der Waals surface area contributed by atoms with Gasteiger partial charge in [-0.25, -0.2) is 14.2 Å². The summed E-state index contributed by atoms with van der Waals surface area (Å²) in [5.41, 5.74) is 1.64. The largest absolute Gasteiger partial charge is 0.478 e. The average molecular weight is 383 g/mol. The normalized spacial score (nSPS) is 23.8. The minimum Gasteiger partial charge on any atom is -0.478 e. The molecule has 0 bridgehead atoms. The van der Waals surface area contributed by atoms with Gasteiger partial charge in [-0.2, -0.15) is 0 Å². The van der Waals surface area contributed by atoms with Gasteiger partial charge in [-0.3, -0.25) is 4.79 Å². The number of anilines is 2. The number of carboxylic acids is 1. The number of aromatic nitrogens is 1. The van der Waals surface area contributed by atoms with Crippen molar-refractivity contribution in [2.75, 3.05) is 10.2 Å². The predicted octanol–water partition coefficient (Wildman–Crippen LogP) is 3.85. The second kappa shape index (κ2) is 6.89. The molecule has 2 aliphatic rings. The van der Waals surface area contributed by atoms with Gasteiger partial charge in [0.25, 0.3) is 0 Å². The molecule has 4 rings (SSSR count). The summed E-state index contributed by atoms with van der Waals surface area (Å²) in [5, 5.41) is 12.8. The van der Waals surface area contributed by atoms with Crippen molar-refractivity contribution in [3.05, 3.63) is 53.5 Å². The van der Waals surface area contributed by atoms with Gasteiger partial charge in [-0.15, -0.1) is 0 Å². The van der Waals surface area contributed by atoms with Gasteiger partial charge >= 0.3 is 5.97 Å². The van der Waals surface area contributed by atoms with E-state index in [0.717, 1.165) is 30.3 Å². The lowest BCUT2D eigenvalue weighted by atomic mass is 9.79. The molecule has 1 aliphatic carbocycles. The summed E-state index contributed by atoms with van der Waals surface area (Å²) in [6, 6.07) is 7.55. The Hall–Kier alpha value is -2.96. The minimum absolute atomic E-state index is 0.0265. The summed E-state index contributed by atoms with van der Waals surface area (Å²) >= 11 is 0. The molecule has 6 nitrogen and oxygen atoms in total. The lowest BCUT2D eigenvalue weighted by Crippen LogP contribution is -2.51. The van der Waals surface area contributed by atoms with E-state index in [0.29, 0.717) is 11.7 Å². The highest BCUT2D eigenvalue weighted by Crippen LogP contribution is 2.50. The zero-order chi connectivity index (χ0) is 20.0. The maximum atomic E-state index is 13.2. The molecular weight excluding hydrogens is 361 g/mol. The van der Waals surface area contributed by atoms with Crippen LogP contribution >= 0.6 is 0 Å². The zero-order valence-electron chi connectivity index (χ0n) is 15.7. The van der Waals surface area contributed by atoms with E-state index in [-0.39, 0.29) is 29.5 Å². The van der Waals surface area contributed by atoms with Crippen LogP contribution in [0.4, 0.5) is 15.9 Å². The quantitative estimate of drug-likeness (QED) is 0.838. The van der Waals surface area contributed by atoms with Gasteiger partial charge in [-0.05, 0) is 54.7 Å².